The summed E-state index contributed by atoms with van der Waals surface area (Å²) in [6, 6.07) is 14.9. The minimum atomic E-state index is -0.506. The number of carbonyl (C=O) groups excluding carboxylic acids is 2. The third-order valence-electron chi connectivity index (χ3n) is 4.67. The maximum Gasteiger partial charge on any atom is 0.338 e. The second-order valence-corrected chi connectivity index (χ2v) is 7.05. The van der Waals surface area contributed by atoms with Crippen LogP contribution in [0.1, 0.15) is 35.7 Å². The predicted octanol–water partition coefficient (Wildman–Crippen LogP) is 3.44. The number of hydrogen-bond acceptors (Lipinski definition) is 5. The number of morpholine rings is 1. The molecule has 1 amide bonds. The molecule has 0 spiro atoms. The molecule has 0 bridgehead atoms. The SMILES string of the molecule is CC(C)c1ccc(C(=O)OCC(=O)Nc2ccc(N3CCOCC3)cc2)cc1. The lowest BCUT2D eigenvalue weighted by atomic mass is 10.0. The van der Waals surface area contributed by atoms with Crippen LogP contribution in [-0.4, -0.2) is 44.8 Å². The maximum atomic E-state index is 12.1. The van der Waals surface area contributed by atoms with Gasteiger partial charge in [0.2, 0.25) is 0 Å². The molecule has 1 N–H and O–H groups in total. The van der Waals surface area contributed by atoms with E-state index in [9.17, 15) is 9.59 Å². The standard InChI is InChI=1S/C22H26N2O4/c1-16(2)17-3-5-18(6-4-17)22(26)28-15-21(25)23-19-7-9-20(10-8-19)24-11-13-27-14-12-24/h3-10,16H,11-15H2,1-2H3,(H,23,25). The lowest BCUT2D eigenvalue weighted by Crippen LogP contribution is -2.36. The number of rotatable bonds is 6. The first-order valence-corrected chi connectivity index (χ1v) is 9.52. The molecule has 0 radical (unpaired) electrons. The molecule has 6 nitrogen and oxygen atoms in total. The highest BCUT2D eigenvalue weighted by atomic mass is 16.5. The molecule has 2 aromatic rings. The largest absolute Gasteiger partial charge is 0.452 e. The smallest absolute Gasteiger partial charge is 0.338 e. The van der Waals surface area contributed by atoms with Gasteiger partial charge in [0, 0.05) is 24.5 Å². The van der Waals surface area contributed by atoms with E-state index in [1.807, 2.05) is 36.4 Å². The van der Waals surface area contributed by atoms with Crippen molar-refractivity contribution in [3.8, 4) is 0 Å². The summed E-state index contributed by atoms with van der Waals surface area (Å²) >= 11 is 0. The van der Waals surface area contributed by atoms with Gasteiger partial charge in [0.25, 0.3) is 5.91 Å². The highest BCUT2D eigenvalue weighted by Gasteiger charge is 2.13. The average molecular weight is 382 g/mol. The summed E-state index contributed by atoms with van der Waals surface area (Å²) in [6.45, 7) is 7.03. The molecule has 1 aliphatic rings. The summed E-state index contributed by atoms with van der Waals surface area (Å²) in [7, 11) is 0. The molecule has 2 aromatic carbocycles. The first kappa shape index (κ1) is 19.9. The highest BCUT2D eigenvalue weighted by Crippen LogP contribution is 2.19. The zero-order valence-electron chi connectivity index (χ0n) is 16.3. The zero-order valence-corrected chi connectivity index (χ0v) is 16.3. The molecular formula is C22H26N2O4. The van der Waals surface area contributed by atoms with Gasteiger partial charge in [0.15, 0.2) is 6.61 Å². The van der Waals surface area contributed by atoms with Crippen molar-refractivity contribution in [2.24, 2.45) is 0 Å². The van der Waals surface area contributed by atoms with Gasteiger partial charge in [-0.2, -0.15) is 0 Å². The molecule has 1 fully saturated rings. The van der Waals surface area contributed by atoms with Crippen molar-refractivity contribution in [2.45, 2.75) is 19.8 Å². The number of nitrogens with zero attached hydrogens (tertiary/aromatic N) is 1. The Kier molecular flexibility index (Phi) is 6.66. The van der Waals surface area contributed by atoms with Crippen molar-refractivity contribution in [1.82, 2.24) is 0 Å². The van der Waals surface area contributed by atoms with E-state index in [0.29, 0.717) is 17.2 Å². The summed E-state index contributed by atoms with van der Waals surface area (Å²) in [4.78, 5) is 26.4. The highest BCUT2D eigenvalue weighted by molar-refractivity contribution is 5.95. The minimum absolute atomic E-state index is 0.323. The first-order valence-electron chi connectivity index (χ1n) is 9.52. The number of hydrogen-bond donors (Lipinski definition) is 1. The van der Waals surface area contributed by atoms with E-state index in [2.05, 4.69) is 24.1 Å². The zero-order chi connectivity index (χ0) is 19.9. The first-order chi connectivity index (χ1) is 13.5. The Hall–Kier alpha value is -2.86. The van der Waals surface area contributed by atoms with Gasteiger partial charge in [-0.15, -0.1) is 0 Å². The van der Waals surface area contributed by atoms with Crippen LogP contribution in [0.3, 0.4) is 0 Å². The van der Waals surface area contributed by atoms with Crippen LogP contribution in [0.25, 0.3) is 0 Å². The van der Waals surface area contributed by atoms with Crippen LogP contribution in [0.4, 0.5) is 11.4 Å². The van der Waals surface area contributed by atoms with Crippen molar-refractivity contribution in [1.29, 1.82) is 0 Å². The number of benzene rings is 2. The van der Waals surface area contributed by atoms with Crippen LogP contribution in [-0.2, 0) is 14.3 Å². The van der Waals surface area contributed by atoms with Crippen LogP contribution >= 0.6 is 0 Å². The van der Waals surface area contributed by atoms with E-state index in [1.165, 1.54) is 0 Å². The van der Waals surface area contributed by atoms with E-state index in [1.54, 1.807) is 12.1 Å². The lowest BCUT2D eigenvalue weighted by molar-refractivity contribution is -0.119. The van der Waals surface area contributed by atoms with Crippen molar-refractivity contribution in [3.05, 3.63) is 59.7 Å². The molecule has 148 valence electrons. The van der Waals surface area contributed by atoms with Gasteiger partial charge in [-0.1, -0.05) is 26.0 Å². The fourth-order valence-electron chi connectivity index (χ4n) is 2.99. The predicted molar refractivity (Wildman–Crippen MR) is 109 cm³/mol. The average Bonchev–Trinajstić information content (AvgIpc) is 2.73. The Bertz CT molecular complexity index is 794. The van der Waals surface area contributed by atoms with Gasteiger partial charge in [0.05, 0.1) is 18.8 Å². The van der Waals surface area contributed by atoms with E-state index in [-0.39, 0.29) is 12.5 Å². The Balaban J connectivity index is 1.47. The molecule has 28 heavy (non-hydrogen) atoms. The molecule has 1 heterocycles. The van der Waals surface area contributed by atoms with Crippen LogP contribution in [0.5, 0.6) is 0 Å². The van der Waals surface area contributed by atoms with Crippen molar-refractivity contribution in [2.75, 3.05) is 43.1 Å². The van der Waals surface area contributed by atoms with E-state index >= 15 is 0 Å². The fraction of sp³-hybridized carbons (Fsp3) is 0.364. The Labute approximate surface area is 165 Å². The third-order valence-corrected chi connectivity index (χ3v) is 4.67. The molecular weight excluding hydrogens is 356 g/mol. The van der Waals surface area contributed by atoms with E-state index in [4.69, 9.17) is 9.47 Å². The second-order valence-electron chi connectivity index (χ2n) is 7.05. The van der Waals surface area contributed by atoms with E-state index < -0.39 is 5.97 Å². The molecule has 3 rings (SSSR count). The Morgan fingerprint density at radius 1 is 1.04 bits per heavy atom. The van der Waals surface area contributed by atoms with Crippen molar-refractivity contribution < 1.29 is 19.1 Å². The quantitative estimate of drug-likeness (QED) is 0.775. The molecule has 0 saturated carbocycles. The van der Waals surface area contributed by atoms with Crippen LogP contribution in [0.15, 0.2) is 48.5 Å². The van der Waals surface area contributed by atoms with Crippen LogP contribution in [0, 0.1) is 0 Å². The molecule has 0 aliphatic carbocycles. The number of carbonyl (C=O) groups is 2. The number of nitrogens with one attached hydrogen (secondary N) is 1. The summed E-state index contributed by atoms with van der Waals surface area (Å²) in [6.07, 6.45) is 0. The van der Waals surface area contributed by atoms with Gasteiger partial charge in [-0.05, 0) is 47.9 Å². The Morgan fingerprint density at radius 2 is 1.68 bits per heavy atom. The minimum Gasteiger partial charge on any atom is -0.452 e. The van der Waals surface area contributed by atoms with Gasteiger partial charge < -0.3 is 19.7 Å². The van der Waals surface area contributed by atoms with E-state index in [0.717, 1.165) is 37.6 Å². The maximum absolute atomic E-state index is 12.1. The Morgan fingerprint density at radius 3 is 2.29 bits per heavy atom. The van der Waals surface area contributed by atoms with Crippen molar-refractivity contribution in [3.63, 3.8) is 0 Å². The normalized spacial score (nSPS) is 14.0. The van der Waals surface area contributed by atoms with Gasteiger partial charge in [0.1, 0.15) is 0 Å². The lowest BCUT2D eigenvalue weighted by Gasteiger charge is -2.28. The molecule has 1 saturated heterocycles. The number of anilines is 2. The van der Waals surface area contributed by atoms with Crippen LogP contribution < -0.4 is 10.2 Å². The van der Waals surface area contributed by atoms with Gasteiger partial charge in [-0.25, -0.2) is 4.79 Å². The number of amides is 1. The molecule has 0 atom stereocenters. The van der Waals surface area contributed by atoms with Crippen LogP contribution in [0.2, 0.25) is 0 Å². The summed E-state index contributed by atoms with van der Waals surface area (Å²) in [5.41, 5.74) is 3.35. The third kappa shape index (κ3) is 5.33. The number of esters is 1. The van der Waals surface area contributed by atoms with Gasteiger partial charge >= 0.3 is 5.97 Å². The molecule has 0 unspecified atom stereocenters. The molecule has 6 heteroatoms. The number of ether oxygens (including phenoxy) is 2. The molecule has 1 aliphatic heterocycles. The topological polar surface area (TPSA) is 67.9 Å². The molecule has 0 aromatic heterocycles. The van der Waals surface area contributed by atoms with Crippen molar-refractivity contribution >= 4 is 23.3 Å². The summed E-state index contributed by atoms with van der Waals surface area (Å²) < 4.78 is 10.5. The second kappa shape index (κ2) is 9.37. The fourth-order valence-corrected chi connectivity index (χ4v) is 2.99. The summed E-state index contributed by atoms with van der Waals surface area (Å²) in [5.74, 6) is -0.482. The van der Waals surface area contributed by atoms with Gasteiger partial charge in [-0.3, -0.25) is 4.79 Å². The summed E-state index contributed by atoms with van der Waals surface area (Å²) in [5, 5.41) is 2.74. The monoisotopic (exact) mass is 382 g/mol.